The van der Waals surface area contributed by atoms with Crippen LogP contribution in [0.2, 0.25) is 5.02 Å². The van der Waals surface area contributed by atoms with Crippen LogP contribution in [0, 0.1) is 0 Å². The summed E-state index contributed by atoms with van der Waals surface area (Å²) in [5.74, 6) is -0.250. The average Bonchev–Trinajstić information content (AvgIpc) is 2.88. The van der Waals surface area contributed by atoms with Gasteiger partial charge in [0.25, 0.3) is 0 Å². The van der Waals surface area contributed by atoms with Crippen molar-refractivity contribution in [1.82, 2.24) is 9.62 Å². The van der Waals surface area contributed by atoms with Gasteiger partial charge in [0.2, 0.25) is 15.9 Å². The molecular weight excluding hydrogens is 312 g/mol. The topological polar surface area (TPSA) is 66.5 Å². The Labute approximate surface area is 130 Å². The third-order valence-corrected chi connectivity index (χ3v) is 5.20. The molecule has 0 saturated carbocycles. The lowest BCUT2D eigenvalue weighted by Gasteiger charge is -2.23. The standard InChI is InChI=1S/C14H19ClN2O3S/c1-10(11-5-7-12(15)8-6-11)16-14(18)13-4-3-9-17(13)21(2,19)20/h5-8,10,13H,3-4,9H2,1-2H3,(H,16,18)/t10-,13+/m0/s1. The van der Waals surface area contributed by atoms with Crippen LogP contribution in [0.1, 0.15) is 31.4 Å². The van der Waals surface area contributed by atoms with Crippen molar-refractivity contribution < 1.29 is 13.2 Å². The molecule has 21 heavy (non-hydrogen) atoms. The molecular formula is C14H19ClN2O3S. The van der Waals surface area contributed by atoms with E-state index in [1.54, 1.807) is 12.1 Å². The molecule has 1 fully saturated rings. The third kappa shape index (κ3) is 3.96. The highest BCUT2D eigenvalue weighted by Crippen LogP contribution is 2.22. The number of sulfonamides is 1. The summed E-state index contributed by atoms with van der Waals surface area (Å²) in [5, 5.41) is 3.51. The number of hydrogen-bond acceptors (Lipinski definition) is 3. The number of hydrogen-bond donors (Lipinski definition) is 1. The van der Waals surface area contributed by atoms with Crippen molar-refractivity contribution in [2.24, 2.45) is 0 Å². The maximum absolute atomic E-state index is 12.3. The molecule has 5 nitrogen and oxygen atoms in total. The second kappa shape index (κ2) is 6.34. The lowest BCUT2D eigenvalue weighted by molar-refractivity contribution is -0.124. The van der Waals surface area contributed by atoms with Crippen molar-refractivity contribution in [1.29, 1.82) is 0 Å². The highest BCUT2D eigenvalue weighted by atomic mass is 35.5. The largest absolute Gasteiger partial charge is 0.348 e. The van der Waals surface area contributed by atoms with E-state index in [-0.39, 0.29) is 11.9 Å². The van der Waals surface area contributed by atoms with Crippen LogP contribution < -0.4 is 5.32 Å². The first-order valence-corrected chi connectivity index (χ1v) is 9.04. The molecule has 0 aliphatic carbocycles. The molecule has 1 amide bonds. The van der Waals surface area contributed by atoms with Crippen LogP contribution in [0.3, 0.4) is 0 Å². The van der Waals surface area contributed by atoms with Crippen LogP contribution in [-0.4, -0.2) is 37.5 Å². The Bertz CT molecular complexity index is 616. The number of benzene rings is 1. The molecule has 0 radical (unpaired) electrons. The third-order valence-electron chi connectivity index (χ3n) is 3.66. The van der Waals surface area contributed by atoms with Crippen LogP contribution in [0.15, 0.2) is 24.3 Å². The minimum atomic E-state index is -3.35. The molecule has 0 aromatic heterocycles. The van der Waals surface area contributed by atoms with Gasteiger partial charge in [0.15, 0.2) is 0 Å². The smallest absolute Gasteiger partial charge is 0.238 e. The van der Waals surface area contributed by atoms with E-state index in [4.69, 9.17) is 11.6 Å². The van der Waals surface area contributed by atoms with E-state index in [9.17, 15) is 13.2 Å². The average molecular weight is 331 g/mol. The fourth-order valence-corrected chi connectivity index (χ4v) is 3.79. The van der Waals surface area contributed by atoms with Gasteiger partial charge in [0.1, 0.15) is 6.04 Å². The van der Waals surface area contributed by atoms with E-state index >= 15 is 0 Å². The Morgan fingerprint density at radius 3 is 2.57 bits per heavy atom. The molecule has 1 saturated heterocycles. The number of nitrogens with zero attached hydrogens (tertiary/aromatic N) is 1. The monoisotopic (exact) mass is 330 g/mol. The highest BCUT2D eigenvalue weighted by molar-refractivity contribution is 7.88. The van der Waals surface area contributed by atoms with Crippen molar-refractivity contribution in [2.45, 2.75) is 31.8 Å². The Balaban J connectivity index is 2.05. The van der Waals surface area contributed by atoms with Gasteiger partial charge in [-0.05, 0) is 37.5 Å². The molecule has 1 N–H and O–H groups in total. The van der Waals surface area contributed by atoms with Crippen LogP contribution in [0.5, 0.6) is 0 Å². The number of carbonyl (C=O) groups is 1. The SMILES string of the molecule is C[C@H](NC(=O)[C@H]1CCCN1S(C)(=O)=O)c1ccc(Cl)cc1. The van der Waals surface area contributed by atoms with E-state index in [0.717, 1.165) is 11.8 Å². The molecule has 0 spiro atoms. The fraction of sp³-hybridized carbons (Fsp3) is 0.500. The molecule has 7 heteroatoms. The Kier molecular flexibility index (Phi) is 4.91. The summed E-state index contributed by atoms with van der Waals surface area (Å²) in [6.45, 7) is 2.27. The molecule has 1 heterocycles. The van der Waals surface area contributed by atoms with Crippen LogP contribution in [0.25, 0.3) is 0 Å². The number of carbonyl (C=O) groups excluding carboxylic acids is 1. The number of rotatable bonds is 4. The maximum Gasteiger partial charge on any atom is 0.238 e. The Morgan fingerprint density at radius 1 is 1.38 bits per heavy atom. The van der Waals surface area contributed by atoms with Crippen LogP contribution >= 0.6 is 11.6 Å². The molecule has 1 aromatic rings. The van der Waals surface area contributed by atoms with E-state index in [2.05, 4.69) is 5.32 Å². The predicted octanol–water partition coefficient (Wildman–Crippen LogP) is 1.94. The maximum atomic E-state index is 12.3. The predicted molar refractivity (Wildman–Crippen MR) is 82.6 cm³/mol. The number of nitrogens with one attached hydrogen (secondary N) is 1. The van der Waals surface area contributed by atoms with E-state index in [1.807, 2.05) is 19.1 Å². The van der Waals surface area contributed by atoms with Gasteiger partial charge < -0.3 is 5.32 Å². The van der Waals surface area contributed by atoms with Crippen molar-refractivity contribution >= 4 is 27.5 Å². The zero-order valence-electron chi connectivity index (χ0n) is 12.0. The quantitative estimate of drug-likeness (QED) is 0.917. The first-order chi connectivity index (χ1) is 9.79. The summed E-state index contributed by atoms with van der Waals surface area (Å²) in [5.41, 5.74) is 0.927. The second-order valence-corrected chi connectivity index (χ2v) is 7.69. The van der Waals surface area contributed by atoms with Gasteiger partial charge in [0, 0.05) is 11.6 Å². The van der Waals surface area contributed by atoms with E-state index in [0.29, 0.717) is 24.4 Å². The highest BCUT2D eigenvalue weighted by Gasteiger charge is 2.36. The van der Waals surface area contributed by atoms with Crippen molar-refractivity contribution in [2.75, 3.05) is 12.8 Å². The van der Waals surface area contributed by atoms with Crippen molar-refractivity contribution in [3.8, 4) is 0 Å². The Morgan fingerprint density at radius 2 is 2.00 bits per heavy atom. The minimum Gasteiger partial charge on any atom is -0.348 e. The second-order valence-electron chi connectivity index (χ2n) is 5.31. The van der Waals surface area contributed by atoms with Gasteiger partial charge in [0.05, 0.1) is 12.3 Å². The van der Waals surface area contributed by atoms with Crippen molar-refractivity contribution in [3.05, 3.63) is 34.9 Å². The molecule has 1 aliphatic rings. The van der Waals surface area contributed by atoms with Gasteiger partial charge in [-0.15, -0.1) is 0 Å². The molecule has 0 unspecified atom stereocenters. The number of amides is 1. The first kappa shape index (κ1) is 16.3. The molecule has 2 atom stereocenters. The van der Waals surface area contributed by atoms with Crippen LogP contribution in [0.4, 0.5) is 0 Å². The molecule has 1 aliphatic heterocycles. The summed E-state index contributed by atoms with van der Waals surface area (Å²) in [6.07, 6.45) is 2.41. The summed E-state index contributed by atoms with van der Waals surface area (Å²) < 4.78 is 24.6. The zero-order valence-corrected chi connectivity index (χ0v) is 13.6. The van der Waals surface area contributed by atoms with Crippen molar-refractivity contribution in [3.63, 3.8) is 0 Å². The zero-order chi connectivity index (χ0) is 15.6. The summed E-state index contributed by atoms with van der Waals surface area (Å²) >= 11 is 5.83. The van der Waals surface area contributed by atoms with Gasteiger partial charge in [-0.3, -0.25) is 4.79 Å². The van der Waals surface area contributed by atoms with E-state index in [1.165, 1.54) is 4.31 Å². The normalized spacial score (nSPS) is 21.2. The van der Waals surface area contributed by atoms with Gasteiger partial charge in [-0.1, -0.05) is 23.7 Å². The van der Waals surface area contributed by atoms with Crippen LogP contribution in [-0.2, 0) is 14.8 Å². The van der Waals surface area contributed by atoms with Gasteiger partial charge >= 0.3 is 0 Å². The van der Waals surface area contributed by atoms with E-state index < -0.39 is 16.1 Å². The first-order valence-electron chi connectivity index (χ1n) is 6.81. The van der Waals surface area contributed by atoms with Gasteiger partial charge in [-0.2, -0.15) is 4.31 Å². The summed E-state index contributed by atoms with van der Waals surface area (Å²) in [6, 6.07) is 6.41. The molecule has 0 bridgehead atoms. The summed E-state index contributed by atoms with van der Waals surface area (Å²) in [4.78, 5) is 12.3. The molecule has 2 rings (SSSR count). The molecule has 1 aromatic carbocycles. The molecule has 116 valence electrons. The minimum absolute atomic E-state index is 0.197. The summed E-state index contributed by atoms with van der Waals surface area (Å²) in [7, 11) is -3.35. The Hall–Kier alpha value is -1.11. The lowest BCUT2D eigenvalue weighted by atomic mass is 10.1. The number of halogens is 1. The lowest BCUT2D eigenvalue weighted by Crippen LogP contribution is -2.46. The van der Waals surface area contributed by atoms with Gasteiger partial charge in [-0.25, -0.2) is 8.42 Å². The fourth-order valence-electron chi connectivity index (χ4n) is 2.54.